The molecular formula is C66H47B3N2. The number of aromatic nitrogens is 2. The van der Waals surface area contributed by atoms with Gasteiger partial charge >= 0.3 is 0 Å². The van der Waals surface area contributed by atoms with Crippen molar-refractivity contribution in [1.29, 1.82) is 0 Å². The molecule has 0 fully saturated rings. The summed E-state index contributed by atoms with van der Waals surface area (Å²) in [6.07, 6.45) is 0. The van der Waals surface area contributed by atoms with Crippen molar-refractivity contribution in [1.82, 2.24) is 9.13 Å². The molecule has 0 aliphatic heterocycles. The Morgan fingerprint density at radius 1 is 0.197 bits per heavy atom. The molecule has 11 aromatic carbocycles. The van der Waals surface area contributed by atoms with E-state index in [-0.39, 0.29) is 20.1 Å². The van der Waals surface area contributed by atoms with Crippen molar-refractivity contribution in [2.45, 2.75) is 0 Å². The van der Waals surface area contributed by atoms with Crippen molar-refractivity contribution < 1.29 is 0 Å². The maximum absolute atomic E-state index is 2.56. The van der Waals surface area contributed by atoms with Gasteiger partial charge in [-0.3, -0.25) is 0 Å². The molecule has 2 heterocycles. The van der Waals surface area contributed by atoms with Crippen molar-refractivity contribution in [2.24, 2.45) is 0 Å². The maximum Gasteiger partial charge on any atom is 0.241 e. The fourth-order valence-electron chi connectivity index (χ4n) is 11.6. The van der Waals surface area contributed by atoms with Crippen molar-refractivity contribution >= 4 is 113 Å². The molecule has 0 atom stereocenters. The maximum atomic E-state index is 2.56. The number of nitrogens with zero attached hydrogens (tertiary/aromatic N) is 2. The van der Waals surface area contributed by atoms with Crippen LogP contribution in [0.4, 0.5) is 0 Å². The third-order valence-electron chi connectivity index (χ3n) is 14.6. The predicted octanol–water partition coefficient (Wildman–Crippen LogP) is 9.43. The molecule has 0 saturated heterocycles. The zero-order chi connectivity index (χ0) is 47.1. The van der Waals surface area contributed by atoms with Gasteiger partial charge in [-0.15, -0.1) is 0 Å². The molecular weight excluding hydrogens is 853 g/mol. The molecule has 0 saturated carbocycles. The van der Waals surface area contributed by atoms with E-state index in [0.717, 1.165) is 11.4 Å². The first-order valence-electron chi connectivity index (χ1n) is 24.8. The van der Waals surface area contributed by atoms with Gasteiger partial charge in [-0.05, 0) is 36.4 Å². The molecule has 2 nitrogen and oxygen atoms in total. The highest BCUT2D eigenvalue weighted by atomic mass is 15.0. The highest BCUT2D eigenvalue weighted by Gasteiger charge is 2.28. The molecule has 13 aromatic rings. The minimum atomic E-state index is 0.0472. The monoisotopic (exact) mass is 900 g/mol. The van der Waals surface area contributed by atoms with Crippen LogP contribution < -0.4 is 49.2 Å². The van der Waals surface area contributed by atoms with Crippen LogP contribution in [-0.2, 0) is 0 Å². The lowest BCUT2D eigenvalue weighted by molar-refractivity contribution is 1.15. The fourth-order valence-corrected chi connectivity index (χ4v) is 11.6. The standard InChI is InChI=1S/C66H47B3N2/c1-8-23-48(24-9-1)67(49-25-10-2-11-26-49)54-35-22-38-58(45-54)71-64-44-40-56(69(52-31-16-5-17-32-52)53-33-18-6-19-34-53)47-62(64)60-42-41-59-61-46-55(68(50-27-12-3-13-28-50)51-29-14-4-15-30-51)39-43-63(61)70(65(59)66(60)71)57-36-20-7-21-37-57/h1-47H. The molecule has 0 aliphatic rings. The Morgan fingerprint density at radius 2 is 0.479 bits per heavy atom. The highest BCUT2D eigenvalue weighted by molar-refractivity contribution is 6.96. The molecule has 5 heteroatoms. The largest absolute Gasteiger partial charge is 0.307 e. The normalized spacial score (nSPS) is 11.4. The zero-order valence-electron chi connectivity index (χ0n) is 39.3. The van der Waals surface area contributed by atoms with Crippen LogP contribution in [0.5, 0.6) is 0 Å². The SMILES string of the molecule is c1ccc(B(c2ccccc2)c2cccc(-n3c4ccc(B(c5ccccc5)c5ccccc5)cc4c4ccc5c6cc(B(c7ccccc7)c7ccccc7)ccc6n(-c6ccccc6)c5c43)c2)cc1. The molecule has 0 unspecified atom stereocenters. The molecule has 71 heavy (non-hydrogen) atoms. The van der Waals surface area contributed by atoms with Crippen LogP contribution in [0.15, 0.2) is 285 Å². The van der Waals surface area contributed by atoms with Gasteiger partial charge < -0.3 is 9.13 Å². The van der Waals surface area contributed by atoms with Gasteiger partial charge in [0.1, 0.15) is 0 Å². The molecule has 0 spiro atoms. The Kier molecular flexibility index (Phi) is 10.9. The average Bonchev–Trinajstić information content (AvgIpc) is 3.96. The van der Waals surface area contributed by atoms with E-state index in [0.29, 0.717) is 0 Å². The number of rotatable bonds is 11. The highest BCUT2D eigenvalue weighted by Crippen LogP contribution is 2.41. The first kappa shape index (κ1) is 42.3. The summed E-state index contributed by atoms with van der Waals surface area (Å²) in [4.78, 5) is 0. The summed E-state index contributed by atoms with van der Waals surface area (Å²) >= 11 is 0. The van der Waals surface area contributed by atoms with Crippen molar-refractivity contribution in [3.63, 3.8) is 0 Å². The Morgan fingerprint density at radius 3 is 0.831 bits per heavy atom. The predicted molar refractivity (Wildman–Crippen MR) is 308 cm³/mol. The second-order valence-corrected chi connectivity index (χ2v) is 18.8. The third kappa shape index (κ3) is 7.59. The topological polar surface area (TPSA) is 9.86 Å². The van der Waals surface area contributed by atoms with Gasteiger partial charge in [-0.2, -0.15) is 0 Å². The summed E-state index contributed by atoms with van der Waals surface area (Å²) in [7, 11) is 0. The first-order valence-corrected chi connectivity index (χ1v) is 24.8. The number of fused-ring (bicyclic) bond motifs is 7. The number of hydrogen-bond acceptors (Lipinski definition) is 0. The van der Waals surface area contributed by atoms with Crippen LogP contribution in [0.2, 0.25) is 0 Å². The molecule has 0 aliphatic carbocycles. The van der Waals surface area contributed by atoms with Gasteiger partial charge in [-0.25, -0.2) is 0 Å². The van der Waals surface area contributed by atoms with E-state index in [1.54, 1.807) is 0 Å². The van der Waals surface area contributed by atoms with Gasteiger partial charge in [0.25, 0.3) is 0 Å². The second-order valence-electron chi connectivity index (χ2n) is 18.8. The Bertz CT molecular complexity index is 3850. The average molecular weight is 901 g/mol. The lowest BCUT2D eigenvalue weighted by Crippen LogP contribution is -2.52. The number of hydrogen-bond donors (Lipinski definition) is 0. The summed E-state index contributed by atoms with van der Waals surface area (Å²) < 4.78 is 5.08. The van der Waals surface area contributed by atoms with E-state index < -0.39 is 0 Å². The van der Waals surface area contributed by atoms with Crippen LogP contribution in [0.3, 0.4) is 0 Å². The van der Waals surface area contributed by atoms with Crippen LogP contribution >= 0.6 is 0 Å². The van der Waals surface area contributed by atoms with Crippen molar-refractivity contribution in [3.8, 4) is 11.4 Å². The van der Waals surface area contributed by atoms with E-state index in [1.165, 1.54) is 92.8 Å². The number of para-hydroxylation sites is 1. The van der Waals surface area contributed by atoms with E-state index >= 15 is 0 Å². The lowest BCUT2D eigenvalue weighted by atomic mass is 9.37. The van der Waals surface area contributed by atoms with Crippen LogP contribution in [0.1, 0.15) is 0 Å². The van der Waals surface area contributed by atoms with Crippen LogP contribution in [0, 0.1) is 0 Å². The Balaban J connectivity index is 1.13. The van der Waals surface area contributed by atoms with Crippen LogP contribution in [0.25, 0.3) is 55.0 Å². The van der Waals surface area contributed by atoms with E-state index in [1.807, 2.05) is 0 Å². The molecule has 0 radical (unpaired) electrons. The van der Waals surface area contributed by atoms with Gasteiger partial charge in [0.2, 0.25) is 20.1 Å². The Hall–Kier alpha value is -8.79. The van der Waals surface area contributed by atoms with Gasteiger partial charge in [0, 0.05) is 32.9 Å². The van der Waals surface area contributed by atoms with Gasteiger partial charge in [0.05, 0.1) is 22.1 Å². The summed E-state index contributed by atoms with van der Waals surface area (Å²) in [5, 5.41) is 4.89. The minimum Gasteiger partial charge on any atom is -0.307 e. The first-order chi connectivity index (χ1) is 35.3. The summed E-state index contributed by atoms with van der Waals surface area (Å²) in [5.41, 5.74) is 18.4. The van der Waals surface area contributed by atoms with E-state index in [9.17, 15) is 0 Å². The molecule has 0 bridgehead atoms. The molecule has 0 amide bonds. The summed E-state index contributed by atoms with van der Waals surface area (Å²) in [6.45, 7) is 0.171. The Labute approximate surface area is 416 Å². The minimum absolute atomic E-state index is 0.0472. The fraction of sp³-hybridized carbons (Fsp3) is 0. The smallest absolute Gasteiger partial charge is 0.241 e. The van der Waals surface area contributed by atoms with Crippen molar-refractivity contribution in [2.75, 3.05) is 0 Å². The van der Waals surface area contributed by atoms with Gasteiger partial charge in [0.15, 0.2) is 0 Å². The zero-order valence-corrected chi connectivity index (χ0v) is 39.3. The molecule has 13 rings (SSSR count). The quantitative estimate of drug-likeness (QED) is 0.115. The molecule has 2 aromatic heterocycles. The molecule has 330 valence electrons. The third-order valence-corrected chi connectivity index (χ3v) is 14.6. The van der Waals surface area contributed by atoms with E-state index in [2.05, 4.69) is 294 Å². The number of benzene rings is 11. The second kappa shape index (κ2) is 18.3. The van der Waals surface area contributed by atoms with Gasteiger partial charge in [-0.1, -0.05) is 298 Å². The van der Waals surface area contributed by atoms with Crippen molar-refractivity contribution in [3.05, 3.63) is 285 Å². The molecule has 0 N–H and O–H groups in total. The summed E-state index contributed by atoms with van der Waals surface area (Å²) in [5.74, 6) is 0. The van der Waals surface area contributed by atoms with Crippen LogP contribution in [-0.4, -0.2) is 29.3 Å². The lowest BCUT2D eigenvalue weighted by Gasteiger charge is -2.18. The summed E-state index contributed by atoms with van der Waals surface area (Å²) in [6, 6.07) is 105. The van der Waals surface area contributed by atoms with E-state index in [4.69, 9.17) is 0 Å².